The van der Waals surface area contributed by atoms with Gasteiger partial charge < -0.3 is 19.9 Å². The maximum atomic E-state index is 13.5. The van der Waals surface area contributed by atoms with Crippen LogP contribution in [0.25, 0.3) is 0 Å². The van der Waals surface area contributed by atoms with Crippen LogP contribution >= 0.6 is 0 Å². The third-order valence-electron chi connectivity index (χ3n) is 6.05. The van der Waals surface area contributed by atoms with Gasteiger partial charge >= 0.3 is 0 Å². The van der Waals surface area contributed by atoms with Crippen molar-refractivity contribution in [2.75, 3.05) is 48.9 Å². The molecule has 0 aromatic heterocycles. The fourth-order valence-electron chi connectivity index (χ4n) is 4.50. The van der Waals surface area contributed by atoms with Crippen LogP contribution in [0.4, 0.5) is 17.1 Å². The smallest absolute Gasteiger partial charge is 0.253 e. The molecule has 2 aromatic carbocycles. The number of benzene rings is 2. The van der Waals surface area contributed by atoms with Crippen LogP contribution in [0.15, 0.2) is 42.5 Å². The molecule has 2 aliphatic rings. The average Bonchev–Trinajstić information content (AvgIpc) is 2.82. The van der Waals surface area contributed by atoms with Gasteiger partial charge in [-0.2, -0.15) is 0 Å². The molecule has 3 amide bonds. The van der Waals surface area contributed by atoms with Crippen LogP contribution in [-0.2, 0) is 9.59 Å². The van der Waals surface area contributed by atoms with E-state index in [4.69, 9.17) is 4.74 Å². The topological polar surface area (TPSA) is 82.2 Å². The predicted octanol–water partition coefficient (Wildman–Crippen LogP) is 3.13. The standard InChI is InChI=1S/C25H30N4O4/c1-4-33-22-11-6-5-9-18(22)26-23(30)16-29-21-15-17(24(31)27(2)3)12-13-19(21)28-14-8-7-10-20(28)25(29)32/h5-6,9,11-13,15,20H,4,7-8,10,14,16H2,1-3H3,(H,26,30). The summed E-state index contributed by atoms with van der Waals surface area (Å²) in [5, 5.41) is 2.88. The van der Waals surface area contributed by atoms with Gasteiger partial charge in [-0.15, -0.1) is 0 Å². The Kier molecular flexibility index (Phi) is 6.53. The van der Waals surface area contributed by atoms with Crippen LogP contribution in [0.5, 0.6) is 5.75 Å². The second-order valence-electron chi connectivity index (χ2n) is 8.51. The van der Waals surface area contributed by atoms with E-state index in [1.54, 1.807) is 38.4 Å². The fraction of sp³-hybridized carbons (Fsp3) is 0.400. The summed E-state index contributed by atoms with van der Waals surface area (Å²) in [6.45, 7) is 3.00. The van der Waals surface area contributed by atoms with E-state index in [1.807, 2.05) is 25.1 Å². The van der Waals surface area contributed by atoms with Crippen molar-refractivity contribution in [2.24, 2.45) is 0 Å². The van der Waals surface area contributed by atoms with Crippen LogP contribution in [0.1, 0.15) is 36.5 Å². The maximum absolute atomic E-state index is 13.5. The first kappa shape index (κ1) is 22.6. The molecule has 0 bridgehead atoms. The number of para-hydroxylation sites is 2. The van der Waals surface area contributed by atoms with E-state index in [0.29, 0.717) is 29.3 Å². The van der Waals surface area contributed by atoms with Crippen molar-refractivity contribution in [3.05, 3.63) is 48.0 Å². The number of rotatable bonds is 6. The van der Waals surface area contributed by atoms with Gasteiger partial charge in [0.1, 0.15) is 18.3 Å². The Morgan fingerprint density at radius 1 is 1.12 bits per heavy atom. The maximum Gasteiger partial charge on any atom is 0.253 e. The number of nitrogens with zero attached hydrogens (tertiary/aromatic N) is 3. The minimum absolute atomic E-state index is 0.107. The lowest BCUT2D eigenvalue weighted by Crippen LogP contribution is -2.56. The first-order valence-corrected chi connectivity index (χ1v) is 11.4. The highest BCUT2D eigenvalue weighted by Crippen LogP contribution is 2.40. The third-order valence-corrected chi connectivity index (χ3v) is 6.05. The van der Waals surface area contributed by atoms with Crippen LogP contribution in [0, 0.1) is 0 Å². The van der Waals surface area contributed by atoms with Crippen LogP contribution in [0.2, 0.25) is 0 Å². The molecule has 8 heteroatoms. The molecule has 174 valence electrons. The number of piperidine rings is 1. The number of nitrogens with one attached hydrogen (secondary N) is 1. The molecule has 1 N–H and O–H groups in total. The number of hydrogen-bond donors (Lipinski definition) is 1. The second-order valence-corrected chi connectivity index (χ2v) is 8.51. The van der Waals surface area contributed by atoms with E-state index < -0.39 is 0 Å². The van der Waals surface area contributed by atoms with Crippen LogP contribution in [0.3, 0.4) is 0 Å². The number of carbonyl (C=O) groups excluding carboxylic acids is 3. The van der Waals surface area contributed by atoms with Gasteiger partial charge in [-0.25, -0.2) is 0 Å². The first-order chi connectivity index (χ1) is 15.9. The van der Waals surface area contributed by atoms with Gasteiger partial charge in [-0.1, -0.05) is 12.1 Å². The highest BCUT2D eigenvalue weighted by Gasteiger charge is 2.40. The summed E-state index contributed by atoms with van der Waals surface area (Å²) in [7, 11) is 3.38. The number of fused-ring (bicyclic) bond motifs is 3. The van der Waals surface area contributed by atoms with E-state index in [1.165, 1.54) is 9.80 Å². The molecule has 1 atom stereocenters. The molecular weight excluding hydrogens is 420 g/mol. The molecule has 1 unspecified atom stereocenters. The molecule has 1 fully saturated rings. The minimum atomic E-state index is -0.324. The van der Waals surface area contributed by atoms with Crippen molar-refractivity contribution in [3.63, 3.8) is 0 Å². The quantitative estimate of drug-likeness (QED) is 0.731. The summed E-state index contributed by atoms with van der Waals surface area (Å²) in [5.74, 6) is -0.00273. The van der Waals surface area contributed by atoms with Gasteiger partial charge in [0.25, 0.3) is 5.91 Å². The van der Waals surface area contributed by atoms with Crippen molar-refractivity contribution in [1.29, 1.82) is 0 Å². The Labute approximate surface area is 194 Å². The summed E-state index contributed by atoms with van der Waals surface area (Å²) in [6.07, 6.45) is 2.74. The van der Waals surface area contributed by atoms with Crippen molar-refractivity contribution in [2.45, 2.75) is 32.2 Å². The summed E-state index contributed by atoms with van der Waals surface area (Å²) in [5.41, 5.74) is 2.52. The summed E-state index contributed by atoms with van der Waals surface area (Å²) in [6, 6.07) is 12.3. The zero-order chi connectivity index (χ0) is 23.5. The van der Waals surface area contributed by atoms with Gasteiger partial charge in [0.05, 0.1) is 23.7 Å². The van der Waals surface area contributed by atoms with Crippen molar-refractivity contribution < 1.29 is 19.1 Å². The lowest BCUT2D eigenvalue weighted by molar-refractivity contribution is -0.123. The summed E-state index contributed by atoms with van der Waals surface area (Å²) in [4.78, 5) is 44.2. The van der Waals surface area contributed by atoms with Gasteiger partial charge in [-0.05, 0) is 56.5 Å². The number of amides is 3. The Hall–Kier alpha value is -3.55. The molecule has 2 aromatic rings. The lowest BCUT2D eigenvalue weighted by Gasteiger charge is -2.45. The fourth-order valence-corrected chi connectivity index (χ4v) is 4.50. The molecule has 0 aliphatic carbocycles. The predicted molar refractivity (Wildman–Crippen MR) is 128 cm³/mol. The molecule has 1 saturated heterocycles. The molecular formula is C25H30N4O4. The highest BCUT2D eigenvalue weighted by molar-refractivity contribution is 6.11. The molecule has 8 nitrogen and oxygen atoms in total. The number of carbonyl (C=O) groups is 3. The second kappa shape index (κ2) is 9.52. The molecule has 0 spiro atoms. The van der Waals surface area contributed by atoms with Crippen molar-refractivity contribution in [3.8, 4) is 5.75 Å². The Balaban J connectivity index is 1.65. The first-order valence-electron chi connectivity index (χ1n) is 11.4. The molecule has 0 radical (unpaired) electrons. The Morgan fingerprint density at radius 2 is 1.91 bits per heavy atom. The number of anilines is 3. The largest absolute Gasteiger partial charge is 0.492 e. The zero-order valence-electron chi connectivity index (χ0n) is 19.3. The summed E-state index contributed by atoms with van der Waals surface area (Å²) >= 11 is 0. The number of hydrogen-bond acceptors (Lipinski definition) is 5. The zero-order valence-corrected chi connectivity index (χ0v) is 19.3. The lowest BCUT2D eigenvalue weighted by atomic mass is 9.95. The molecule has 2 heterocycles. The van der Waals surface area contributed by atoms with Crippen molar-refractivity contribution >= 4 is 34.8 Å². The molecule has 2 aliphatic heterocycles. The van der Waals surface area contributed by atoms with E-state index in [0.717, 1.165) is 31.5 Å². The monoisotopic (exact) mass is 450 g/mol. The Morgan fingerprint density at radius 3 is 2.67 bits per heavy atom. The van der Waals surface area contributed by atoms with E-state index in [2.05, 4.69) is 10.2 Å². The minimum Gasteiger partial charge on any atom is -0.492 e. The van der Waals surface area contributed by atoms with Crippen molar-refractivity contribution in [1.82, 2.24) is 4.90 Å². The number of ether oxygens (including phenoxy) is 1. The normalized spacial score (nSPS) is 17.2. The SMILES string of the molecule is CCOc1ccccc1NC(=O)CN1C(=O)C2CCCCN2c2ccc(C(=O)N(C)C)cc21. The van der Waals surface area contributed by atoms with E-state index in [9.17, 15) is 14.4 Å². The van der Waals surface area contributed by atoms with Crippen LogP contribution in [-0.4, -0.2) is 62.5 Å². The van der Waals surface area contributed by atoms with E-state index >= 15 is 0 Å². The molecule has 0 saturated carbocycles. The Bertz CT molecular complexity index is 1070. The third kappa shape index (κ3) is 4.51. The van der Waals surface area contributed by atoms with Gasteiger partial charge in [-0.3, -0.25) is 19.3 Å². The van der Waals surface area contributed by atoms with Gasteiger partial charge in [0, 0.05) is 26.2 Å². The molecule has 4 rings (SSSR count). The molecule has 33 heavy (non-hydrogen) atoms. The van der Waals surface area contributed by atoms with Gasteiger partial charge in [0.2, 0.25) is 11.8 Å². The summed E-state index contributed by atoms with van der Waals surface area (Å²) < 4.78 is 5.60. The average molecular weight is 451 g/mol. The highest BCUT2D eigenvalue weighted by atomic mass is 16.5. The van der Waals surface area contributed by atoms with E-state index in [-0.39, 0.29) is 30.3 Å². The van der Waals surface area contributed by atoms with Crippen LogP contribution < -0.4 is 19.9 Å². The van der Waals surface area contributed by atoms with Gasteiger partial charge in [0.15, 0.2) is 0 Å².